The molecule has 5 nitrogen and oxygen atoms in total. The molecule has 1 aromatic heterocycles. The highest BCUT2D eigenvalue weighted by atomic mass is 16.5. The number of imidazole rings is 1. The van der Waals surface area contributed by atoms with E-state index in [4.69, 9.17) is 4.74 Å². The van der Waals surface area contributed by atoms with Gasteiger partial charge in [-0.15, -0.1) is 0 Å². The van der Waals surface area contributed by atoms with E-state index < -0.39 is 0 Å². The summed E-state index contributed by atoms with van der Waals surface area (Å²) in [5.41, 5.74) is 0. The van der Waals surface area contributed by atoms with Gasteiger partial charge in [-0.25, -0.2) is 9.36 Å². The lowest BCUT2D eigenvalue weighted by Crippen LogP contribution is -2.49. The van der Waals surface area contributed by atoms with Crippen LogP contribution in [0.3, 0.4) is 0 Å². The fourth-order valence-corrected chi connectivity index (χ4v) is 2.06. The number of amides is 1. The second-order valence-electron chi connectivity index (χ2n) is 4.43. The zero-order valence-electron chi connectivity index (χ0n) is 9.96. The Morgan fingerprint density at radius 2 is 2.00 bits per heavy atom. The second-order valence-corrected chi connectivity index (χ2v) is 4.43. The number of nitrogens with zero attached hydrogens (tertiary/aromatic N) is 3. The van der Waals surface area contributed by atoms with Gasteiger partial charge >= 0.3 is 6.03 Å². The zero-order valence-corrected chi connectivity index (χ0v) is 9.96. The van der Waals surface area contributed by atoms with E-state index in [1.54, 1.807) is 17.1 Å². The maximum atomic E-state index is 12.1. The summed E-state index contributed by atoms with van der Waals surface area (Å²) in [4.78, 5) is 14.0. The van der Waals surface area contributed by atoms with Crippen LogP contribution in [-0.2, 0) is 11.8 Å². The van der Waals surface area contributed by atoms with Crippen LogP contribution in [0.15, 0.2) is 18.7 Å². The Balaban J connectivity index is 2.09. The van der Waals surface area contributed by atoms with Crippen LogP contribution in [0.25, 0.3) is 0 Å². The first kappa shape index (κ1) is 11.1. The SMILES string of the molecule is CC1CN(C(=O)n2cc[n+](C)c2)CC(C)O1. The number of aromatic nitrogens is 2. The van der Waals surface area contributed by atoms with Gasteiger partial charge in [0.05, 0.1) is 32.3 Å². The lowest BCUT2D eigenvalue weighted by Gasteiger charge is -2.33. The van der Waals surface area contributed by atoms with Crippen molar-refractivity contribution in [3.05, 3.63) is 18.7 Å². The molecule has 88 valence electrons. The Labute approximate surface area is 95.2 Å². The first-order chi connectivity index (χ1) is 7.56. The van der Waals surface area contributed by atoms with E-state index in [-0.39, 0.29) is 18.2 Å². The Hall–Kier alpha value is -1.36. The third kappa shape index (κ3) is 2.24. The molecule has 1 amide bonds. The topological polar surface area (TPSA) is 38.4 Å². The van der Waals surface area contributed by atoms with Crippen molar-refractivity contribution in [3.8, 4) is 0 Å². The van der Waals surface area contributed by atoms with Gasteiger partial charge in [0, 0.05) is 0 Å². The summed E-state index contributed by atoms with van der Waals surface area (Å²) in [6.45, 7) is 5.30. The van der Waals surface area contributed by atoms with Gasteiger partial charge in [-0.3, -0.25) is 4.90 Å². The molecule has 1 fully saturated rings. The molecular formula is C11H18N3O2+. The summed E-state index contributed by atoms with van der Waals surface area (Å²) in [7, 11) is 1.90. The molecule has 5 heteroatoms. The second kappa shape index (κ2) is 4.25. The van der Waals surface area contributed by atoms with E-state index in [0.29, 0.717) is 13.1 Å². The standard InChI is InChI=1S/C11H18N3O2/c1-9-6-14(7-10(2)16-9)11(15)13-5-4-12(3)8-13/h4-5,8-10H,6-7H2,1-3H3/q+1. The maximum Gasteiger partial charge on any atom is 0.415 e. The molecule has 2 unspecified atom stereocenters. The van der Waals surface area contributed by atoms with Gasteiger partial charge in [-0.1, -0.05) is 0 Å². The number of rotatable bonds is 0. The molecule has 1 aliphatic heterocycles. The van der Waals surface area contributed by atoms with Crippen molar-refractivity contribution in [2.75, 3.05) is 13.1 Å². The normalized spacial score (nSPS) is 25.8. The molecule has 0 aromatic carbocycles. The number of carbonyl (C=O) groups excluding carboxylic acids is 1. The molecule has 2 rings (SSSR count). The van der Waals surface area contributed by atoms with Crippen molar-refractivity contribution >= 4 is 6.03 Å². The smallest absolute Gasteiger partial charge is 0.372 e. The largest absolute Gasteiger partial charge is 0.415 e. The van der Waals surface area contributed by atoms with Gasteiger partial charge in [-0.2, -0.15) is 4.57 Å². The van der Waals surface area contributed by atoms with Crippen molar-refractivity contribution in [1.29, 1.82) is 0 Å². The summed E-state index contributed by atoms with van der Waals surface area (Å²) in [5, 5.41) is 0. The summed E-state index contributed by atoms with van der Waals surface area (Å²) >= 11 is 0. The molecule has 2 heterocycles. The van der Waals surface area contributed by atoms with Crippen LogP contribution in [0.4, 0.5) is 4.79 Å². The van der Waals surface area contributed by atoms with Crippen molar-refractivity contribution < 1.29 is 14.1 Å². The van der Waals surface area contributed by atoms with Crippen molar-refractivity contribution in [2.24, 2.45) is 7.05 Å². The van der Waals surface area contributed by atoms with Crippen LogP contribution < -0.4 is 4.57 Å². The summed E-state index contributed by atoms with van der Waals surface area (Å²) in [6.07, 6.45) is 5.61. The third-order valence-electron chi connectivity index (χ3n) is 2.68. The van der Waals surface area contributed by atoms with E-state index in [9.17, 15) is 4.79 Å². The fourth-order valence-electron chi connectivity index (χ4n) is 2.06. The van der Waals surface area contributed by atoms with Crippen LogP contribution in [0.2, 0.25) is 0 Å². The first-order valence-electron chi connectivity index (χ1n) is 5.54. The summed E-state index contributed by atoms with van der Waals surface area (Å²) in [6, 6.07) is 0.0163. The maximum absolute atomic E-state index is 12.1. The average molecular weight is 224 g/mol. The highest BCUT2D eigenvalue weighted by molar-refractivity contribution is 5.76. The number of hydrogen-bond donors (Lipinski definition) is 0. The molecular weight excluding hydrogens is 206 g/mol. The Morgan fingerprint density at radius 1 is 1.38 bits per heavy atom. The number of aryl methyl sites for hydroxylation is 1. The predicted molar refractivity (Wildman–Crippen MR) is 58.0 cm³/mol. The van der Waals surface area contributed by atoms with Gasteiger partial charge in [0.25, 0.3) is 6.33 Å². The molecule has 0 radical (unpaired) electrons. The Morgan fingerprint density at radius 3 is 2.50 bits per heavy atom. The lowest BCUT2D eigenvalue weighted by atomic mass is 10.2. The number of carbonyl (C=O) groups is 1. The van der Waals surface area contributed by atoms with E-state index in [1.807, 2.05) is 36.6 Å². The van der Waals surface area contributed by atoms with Crippen LogP contribution in [0, 0.1) is 0 Å². The zero-order chi connectivity index (χ0) is 11.7. The number of hydrogen-bond acceptors (Lipinski definition) is 2. The van der Waals surface area contributed by atoms with E-state index in [0.717, 1.165) is 0 Å². The molecule has 1 aromatic rings. The Kier molecular flexibility index (Phi) is 2.96. The number of morpholine rings is 1. The van der Waals surface area contributed by atoms with Crippen molar-refractivity contribution in [2.45, 2.75) is 26.1 Å². The summed E-state index contributed by atoms with van der Waals surface area (Å²) in [5.74, 6) is 0. The first-order valence-corrected chi connectivity index (χ1v) is 5.54. The predicted octanol–water partition coefficient (Wildman–Crippen LogP) is 0.390. The van der Waals surface area contributed by atoms with E-state index in [2.05, 4.69) is 0 Å². The van der Waals surface area contributed by atoms with Gasteiger partial charge in [0.15, 0.2) is 0 Å². The van der Waals surface area contributed by atoms with E-state index in [1.165, 1.54) is 0 Å². The highest BCUT2D eigenvalue weighted by Gasteiger charge is 2.29. The van der Waals surface area contributed by atoms with Gasteiger partial charge < -0.3 is 4.74 Å². The molecule has 2 atom stereocenters. The van der Waals surface area contributed by atoms with Gasteiger partial charge in [-0.05, 0) is 13.8 Å². The minimum atomic E-state index is 0.0163. The monoisotopic (exact) mass is 224 g/mol. The molecule has 1 saturated heterocycles. The van der Waals surface area contributed by atoms with Gasteiger partial charge in [0.1, 0.15) is 12.4 Å². The third-order valence-corrected chi connectivity index (χ3v) is 2.68. The van der Waals surface area contributed by atoms with Crippen LogP contribution in [0.1, 0.15) is 13.8 Å². The molecule has 0 N–H and O–H groups in total. The van der Waals surface area contributed by atoms with E-state index >= 15 is 0 Å². The lowest BCUT2D eigenvalue weighted by molar-refractivity contribution is -0.670. The molecule has 0 saturated carbocycles. The molecule has 16 heavy (non-hydrogen) atoms. The Bertz CT molecular complexity index is 378. The molecule has 1 aliphatic rings. The van der Waals surface area contributed by atoms with Crippen LogP contribution >= 0.6 is 0 Å². The van der Waals surface area contributed by atoms with Crippen molar-refractivity contribution in [1.82, 2.24) is 9.47 Å². The summed E-state index contributed by atoms with van der Waals surface area (Å²) < 4.78 is 9.05. The minimum Gasteiger partial charge on any atom is -0.372 e. The van der Waals surface area contributed by atoms with Gasteiger partial charge in [0.2, 0.25) is 0 Å². The van der Waals surface area contributed by atoms with Crippen LogP contribution in [-0.4, -0.2) is 40.8 Å². The average Bonchev–Trinajstić information content (AvgIpc) is 2.62. The number of ether oxygens (including phenoxy) is 1. The van der Waals surface area contributed by atoms with Crippen LogP contribution in [0.5, 0.6) is 0 Å². The highest BCUT2D eigenvalue weighted by Crippen LogP contribution is 2.11. The minimum absolute atomic E-state index is 0.0163. The molecule has 0 spiro atoms. The quantitative estimate of drug-likeness (QED) is 0.598. The molecule has 0 aliphatic carbocycles. The van der Waals surface area contributed by atoms with Crippen molar-refractivity contribution in [3.63, 3.8) is 0 Å². The molecule has 0 bridgehead atoms. The fraction of sp³-hybridized carbons (Fsp3) is 0.636.